The van der Waals surface area contributed by atoms with Crippen molar-refractivity contribution in [2.75, 3.05) is 92.6 Å². The zero-order valence-electron chi connectivity index (χ0n) is 24.4. The Bertz CT molecular complexity index is 1350. The molecule has 3 heterocycles. The van der Waals surface area contributed by atoms with E-state index in [0.29, 0.717) is 46.2 Å². The molecule has 0 atom stereocenters. The van der Waals surface area contributed by atoms with Crippen LogP contribution in [0.15, 0.2) is 45.6 Å². The maximum Gasteiger partial charge on any atom is 0.251 e. The number of nitrogens with zero attached hydrogens (tertiary/aromatic N) is 2. The third-order valence-corrected chi connectivity index (χ3v) is 8.83. The van der Waals surface area contributed by atoms with E-state index in [0.717, 1.165) is 87.3 Å². The van der Waals surface area contributed by atoms with Crippen LogP contribution in [0, 0.1) is 0 Å². The maximum atomic E-state index is 13.4. The van der Waals surface area contributed by atoms with Gasteiger partial charge in [0.15, 0.2) is 0 Å². The number of carbonyl (C=O) groups is 2. The van der Waals surface area contributed by atoms with Crippen molar-refractivity contribution in [3.05, 3.63) is 57.7 Å². The number of carbonyl (C=O) groups excluding carboxylic acids is 2. The summed E-state index contributed by atoms with van der Waals surface area (Å²) in [5, 5.41) is 13.4. The van der Waals surface area contributed by atoms with E-state index < -0.39 is 0 Å². The highest BCUT2D eigenvalue weighted by Crippen LogP contribution is 2.21. The number of nitrogens with one attached hydrogen (secondary N) is 4. The molecule has 2 aliphatic heterocycles. The molecule has 0 aliphatic carbocycles. The normalized spacial score (nSPS) is 18.3. The third-order valence-electron chi connectivity index (χ3n) is 8.83. The van der Waals surface area contributed by atoms with Gasteiger partial charge in [-0.25, -0.2) is 0 Å². The minimum atomic E-state index is -0.252. The molecule has 2 saturated heterocycles. The molecular formula is C31H44N6O4+2. The summed E-state index contributed by atoms with van der Waals surface area (Å²) < 4.78 is 8.01. The first-order chi connectivity index (χ1) is 19.8. The lowest BCUT2D eigenvalue weighted by atomic mass is 10.1. The fourth-order valence-electron chi connectivity index (χ4n) is 5.99. The van der Waals surface area contributed by atoms with Crippen molar-refractivity contribution >= 4 is 33.8 Å². The molecule has 0 saturated carbocycles. The first-order valence-electron chi connectivity index (χ1n) is 14.9. The van der Waals surface area contributed by atoms with Crippen molar-refractivity contribution in [2.24, 2.45) is 0 Å². The Kier molecular flexibility index (Phi) is 9.03. The van der Waals surface area contributed by atoms with Crippen LogP contribution < -0.4 is 26.7 Å². The highest BCUT2D eigenvalue weighted by Gasteiger charge is 2.25. The van der Waals surface area contributed by atoms with Crippen LogP contribution in [-0.4, -0.2) is 113 Å². The molecule has 2 amide bonds. The van der Waals surface area contributed by atoms with Crippen LogP contribution in [0.1, 0.15) is 33.6 Å². The van der Waals surface area contributed by atoms with E-state index in [1.807, 2.05) is 0 Å². The smallest absolute Gasteiger partial charge is 0.251 e. The zero-order chi connectivity index (χ0) is 28.9. The van der Waals surface area contributed by atoms with E-state index in [1.165, 1.54) is 0 Å². The maximum absolute atomic E-state index is 13.4. The van der Waals surface area contributed by atoms with Crippen molar-refractivity contribution in [1.29, 1.82) is 0 Å². The Morgan fingerprint density at radius 2 is 1.15 bits per heavy atom. The van der Waals surface area contributed by atoms with Gasteiger partial charge in [0.25, 0.3) is 11.8 Å². The number of hydrogen-bond acceptors (Lipinski definition) is 6. The molecule has 10 heteroatoms. The second-order valence-corrected chi connectivity index (χ2v) is 12.2. The monoisotopic (exact) mass is 564 g/mol. The number of hydrogen-bond donors (Lipinski definition) is 4. The molecule has 0 spiro atoms. The number of fused-ring (bicyclic) bond motifs is 2. The van der Waals surface area contributed by atoms with Crippen molar-refractivity contribution in [3.63, 3.8) is 0 Å². The summed E-state index contributed by atoms with van der Waals surface area (Å²) in [5.74, 6) is -0.418. The second kappa shape index (κ2) is 12.7. The summed E-state index contributed by atoms with van der Waals surface area (Å²) in [5.41, 5.74) is 1.41. The molecule has 0 radical (unpaired) electrons. The van der Waals surface area contributed by atoms with Crippen LogP contribution >= 0.6 is 0 Å². The zero-order valence-corrected chi connectivity index (χ0v) is 24.4. The molecule has 3 aromatic rings. The van der Waals surface area contributed by atoms with E-state index in [-0.39, 0.29) is 17.2 Å². The van der Waals surface area contributed by atoms with Gasteiger partial charge in [-0.3, -0.25) is 14.4 Å². The van der Waals surface area contributed by atoms with Gasteiger partial charge < -0.3 is 34.7 Å². The van der Waals surface area contributed by atoms with Crippen molar-refractivity contribution in [3.8, 4) is 0 Å². The average Bonchev–Trinajstić information content (AvgIpc) is 2.98. The molecule has 220 valence electrons. The van der Waals surface area contributed by atoms with E-state index in [1.54, 1.807) is 36.4 Å². The molecule has 5 rings (SSSR count). The lowest BCUT2D eigenvalue weighted by Gasteiger charge is -2.38. The molecule has 10 nitrogen and oxygen atoms in total. The highest BCUT2D eigenvalue weighted by molar-refractivity contribution is 6.01. The Hall–Kier alpha value is -3.31. The SMILES string of the molecule is C[N+]1(CCCNC(=O)c2ccc3oc4ccc(C(=O)NCCC[N+]5(C)CCNCC5)cc4c(=O)c3c2)CCNCC1. The second-order valence-electron chi connectivity index (χ2n) is 12.2. The number of amides is 2. The van der Waals surface area contributed by atoms with Gasteiger partial charge in [0.1, 0.15) is 11.2 Å². The van der Waals surface area contributed by atoms with Gasteiger partial charge in [-0.1, -0.05) is 0 Å². The molecule has 1 aromatic heterocycles. The predicted octanol–water partition coefficient (Wildman–Crippen LogP) is 1.29. The fourth-order valence-corrected chi connectivity index (χ4v) is 5.99. The lowest BCUT2D eigenvalue weighted by molar-refractivity contribution is -0.911. The Morgan fingerprint density at radius 1 is 0.732 bits per heavy atom. The van der Waals surface area contributed by atoms with Crippen LogP contribution in [0.4, 0.5) is 0 Å². The highest BCUT2D eigenvalue weighted by atomic mass is 16.3. The van der Waals surface area contributed by atoms with Gasteiger partial charge >= 0.3 is 0 Å². The first-order valence-corrected chi connectivity index (χ1v) is 14.9. The summed E-state index contributed by atoms with van der Waals surface area (Å²) in [6.07, 6.45) is 1.78. The van der Waals surface area contributed by atoms with Gasteiger partial charge in [0.05, 0.1) is 64.1 Å². The largest absolute Gasteiger partial charge is 0.456 e. The summed E-state index contributed by atoms with van der Waals surface area (Å²) in [6.45, 7) is 11.7. The number of likely N-dealkylation sites (N-methyl/N-ethyl adjacent to an activating group) is 2. The molecule has 41 heavy (non-hydrogen) atoms. The summed E-state index contributed by atoms with van der Waals surface area (Å²) >= 11 is 0. The molecular weight excluding hydrogens is 520 g/mol. The Balaban J connectivity index is 1.21. The van der Waals surface area contributed by atoms with Gasteiger partial charge in [0.2, 0.25) is 5.43 Å². The predicted molar refractivity (Wildman–Crippen MR) is 161 cm³/mol. The van der Waals surface area contributed by atoms with Crippen molar-refractivity contribution in [2.45, 2.75) is 12.8 Å². The van der Waals surface area contributed by atoms with E-state index >= 15 is 0 Å². The number of piperazine rings is 2. The van der Waals surface area contributed by atoms with Gasteiger partial charge in [-0.05, 0) is 36.4 Å². The topological polar surface area (TPSA) is 112 Å². The standard InChI is InChI=1S/C31H42N6O4/c1-36(17-11-32-12-18-36)15-3-9-34-30(39)23-5-7-27-25(21-23)29(38)26-22-24(6-8-28(26)41-27)31(40)35-10-4-16-37(2)19-13-33-14-20-37/h5-8,21-22,32-33H,3-4,9-20H2,1-2H3/p+2. The van der Waals surface area contributed by atoms with Crippen LogP contribution in [0.5, 0.6) is 0 Å². The van der Waals surface area contributed by atoms with Crippen molar-refractivity contribution < 1.29 is 23.0 Å². The van der Waals surface area contributed by atoms with Crippen molar-refractivity contribution in [1.82, 2.24) is 21.3 Å². The summed E-state index contributed by atoms with van der Waals surface area (Å²) in [4.78, 5) is 39.2. The quantitative estimate of drug-likeness (QED) is 0.168. The van der Waals surface area contributed by atoms with Gasteiger partial charge in [0, 0.05) is 63.2 Å². The lowest BCUT2D eigenvalue weighted by Crippen LogP contribution is -2.56. The molecule has 2 aliphatic rings. The minimum Gasteiger partial charge on any atom is -0.456 e. The number of benzene rings is 2. The van der Waals surface area contributed by atoms with Crippen LogP contribution in [0.25, 0.3) is 21.9 Å². The molecule has 2 aromatic carbocycles. The molecule has 2 fully saturated rings. The Morgan fingerprint density at radius 3 is 1.56 bits per heavy atom. The third kappa shape index (κ3) is 7.13. The van der Waals surface area contributed by atoms with Crippen LogP contribution in [0.2, 0.25) is 0 Å². The fraction of sp³-hybridized carbons (Fsp3) is 0.516. The molecule has 0 unspecified atom stereocenters. The minimum absolute atomic E-state index is 0.209. The molecule has 0 bridgehead atoms. The summed E-state index contributed by atoms with van der Waals surface area (Å²) in [7, 11) is 4.53. The Labute approximate surface area is 241 Å². The molecule has 4 N–H and O–H groups in total. The number of rotatable bonds is 10. The van der Waals surface area contributed by atoms with E-state index in [4.69, 9.17) is 4.42 Å². The summed E-state index contributed by atoms with van der Waals surface area (Å²) in [6, 6.07) is 9.88. The average molecular weight is 565 g/mol. The van der Waals surface area contributed by atoms with Crippen LogP contribution in [0.3, 0.4) is 0 Å². The van der Waals surface area contributed by atoms with E-state index in [2.05, 4.69) is 35.4 Å². The first kappa shape index (κ1) is 29.2. The number of quaternary nitrogens is 2. The van der Waals surface area contributed by atoms with E-state index in [9.17, 15) is 14.4 Å². The van der Waals surface area contributed by atoms with Crippen LogP contribution in [-0.2, 0) is 0 Å². The van der Waals surface area contributed by atoms with Gasteiger partial charge in [-0.15, -0.1) is 0 Å². The van der Waals surface area contributed by atoms with Gasteiger partial charge in [-0.2, -0.15) is 0 Å².